The molecule has 2 amide bonds. The molecule has 1 heterocycles. The summed E-state index contributed by atoms with van der Waals surface area (Å²) in [5.74, 6) is -0.810. The predicted octanol–water partition coefficient (Wildman–Crippen LogP) is 1.06. The summed E-state index contributed by atoms with van der Waals surface area (Å²) in [6, 6.07) is -0.0919. The fourth-order valence-corrected chi connectivity index (χ4v) is 2.39. The van der Waals surface area contributed by atoms with E-state index in [0.29, 0.717) is 26.0 Å². The topological polar surface area (TPSA) is 78.9 Å². The third kappa shape index (κ3) is 3.00. The van der Waals surface area contributed by atoms with Crippen LogP contribution in [0.25, 0.3) is 0 Å². The highest BCUT2D eigenvalue weighted by molar-refractivity contribution is 5.80. The first kappa shape index (κ1) is 14.1. The average Bonchev–Trinajstić information content (AvgIpc) is 3.17. The number of hydrogen-bond donors (Lipinski definition) is 2. The molecule has 0 bridgehead atoms. The van der Waals surface area contributed by atoms with Gasteiger partial charge in [-0.3, -0.25) is 4.79 Å². The number of carbonyl (C=O) groups is 2. The van der Waals surface area contributed by atoms with Gasteiger partial charge in [-0.15, -0.1) is 0 Å². The van der Waals surface area contributed by atoms with Crippen molar-refractivity contribution in [3.05, 3.63) is 0 Å². The zero-order valence-corrected chi connectivity index (χ0v) is 11.5. The quantitative estimate of drug-likeness (QED) is 0.800. The van der Waals surface area contributed by atoms with Gasteiger partial charge in [0.05, 0.1) is 24.2 Å². The Hall–Kier alpha value is -1.30. The van der Waals surface area contributed by atoms with Crippen LogP contribution >= 0.6 is 0 Å². The van der Waals surface area contributed by atoms with Crippen molar-refractivity contribution in [2.75, 3.05) is 19.7 Å². The van der Waals surface area contributed by atoms with Gasteiger partial charge in [-0.25, -0.2) is 4.79 Å². The van der Waals surface area contributed by atoms with E-state index in [0.717, 1.165) is 6.42 Å². The Labute approximate surface area is 113 Å². The molecule has 2 rings (SSSR count). The first-order valence-corrected chi connectivity index (χ1v) is 6.88. The van der Waals surface area contributed by atoms with Crippen LogP contribution in [-0.2, 0) is 9.53 Å². The molecule has 0 spiro atoms. The van der Waals surface area contributed by atoms with E-state index in [1.54, 1.807) is 4.90 Å². The van der Waals surface area contributed by atoms with Gasteiger partial charge in [0, 0.05) is 13.1 Å². The molecule has 2 N–H and O–H groups in total. The molecule has 1 saturated carbocycles. The third-order valence-corrected chi connectivity index (χ3v) is 4.09. The van der Waals surface area contributed by atoms with Gasteiger partial charge in [0.15, 0.2) is 0 Å². The van der Waals surface area contributed by atoms with Crippen molar-refractivity contribution >= 4 is 12.0 Å². The number of urea groups is 1. The molecule has 2 aliphatic rings. The maximum absolute atomic E-state index is 12.2. The first-order valence-electron chi connectivity index (χ1n) is 6.88. The molecule has 0 aromatic rings. The molecule has 2 fully saturated rings. The summed E-state index contributed by atoms with van der Waals surface area (Å²) in [4.78, 5) is 25.0. The van der Waals surface area contributed by atoms with Gasteiger partial charge < -0.3 is 20.1 Å². The minimum atomic E-state index is -0.810. The summed E-state index contributed by atoms with van der Waals surface area (Å²) in [6.45, 7) is 5.29. The highest BCUT2D eigenvalue weighted by atomic mass is 16.5. The largest absolute Gasteiger partial charge is 0.481 e. The van der Waals surface area contributed by atoms with Crippen molar-refractivity contribution in [2.45, 2.75) is 45.3 Å². The average molecular weight is 270 g/mol. The second kappa shape index (κ2) is 5.36. The lowest BCUT2D eigenvalue weighted by molar-refractivity contribution is -0.143. The Kier molecular flexibility index (Phi) is 3.99. The Morgan fingerprint density at radius 1 is 1.47 bits per heavy atom. The molecule has 6 heteroatoms. The van der Waals surface area contributed by atoms with Crippen LogP contribution < -0.4 is 5.32 Å². The monoisotopic (exact) mass is 270 g/mol. The Bertz CT molecular complexity index is 368. The van der Waals surface area contributed by atoms with Crippen LogP contribution in [0.3, 0.4) is 0 Å². The van der Waals surface area contributed by atoms with Crippen LogP contribution in [0.1, 0.15) is 33.1 Å². The summed E-state index contributed by atoms with van der Waals surface area (Å²) in [6.07, 6.45) is 2.17. The molecular formula is C13H22N2O4. The van der Waals surface area contributed by atoms with E-state index < -0.39 is 11.4 Å². The zero-order valence-electron chi connectivity index (χ0n) is 11.5. The summed E-state index contributed by atoms with van der Waals surface area (Å²) in [7, 11) is 0. The lowest BCUT2D eigenvalue weighted by atomic mass is 10.1. The number of rotatable bonds is 4. The number of carboxylic acid groups (broad SMARTS) is 1. The lowest BCUT2D eigenvalue weighted by Crippen LogP contribution is -2.55. The zero-order chi connectivity index (χ0) is 14.0. The number of aliphatic carboxylic acids is 1. The van der Waals surface area contributed by atoms with E-state index in [9.17, 15) is 9.59 Å². The maximum atomic E-state index is 12.2. The molecule has 2 unspecified atom stereocenters. The van der Waals surface area contributed by atoms with Crippen LogP contribution in [0, 0.1) is 5.41 Å². The summed E-state index contributed by atoms with van der Waals surface area (Å²) in [5.41, 5.74) is -0.713. The molecule has 6 nitrogen and oxygen atoms in total. The van der Waals surface area contributed by atoms with E-state index in [1.807, 2.05) is 13.8 Å². The molecule has 19 heavy (non-hydrogen) atoms. The molecule has 0 radical (unpaired) electrons. The second-order valence-electron chi connectivity index (χ2n) is 5.60. The van der Waals surface area contributed by atoms with E-state index in [4.69, 9.17) is 9.84 Å². The Morgan fingerprint density at radius 2 is 2.16 bits per heavy atom. The fraction of sp³-hybridized carbons (Fsp3) is 0.846. The molecule has 1 aliphatic heterocycles. The van der Waals surface area contributed by atoms with Crippen molar-refractivity contribution in [3.63, 3.8) is 0 Å². The number of ether oxygens (including phenoxy) is 1. The minimum Gasteiger partial charge on any atom is -0.481 e. The number of nitrogens with zero attached hydrogens (tertiary/aromatic N) is 1. The predicted molar refractivity (Wildman–Crippen MR) is 68.9 cm³/mol. The van der Waals surface area contributed by atoms with Gasteiger partial charge in [-0.05, 0) is 26.2 Å². The van der Waals surface area contributed by atoms with E-state index in [2.05, 4.69) is 5.32 Å². The van der Waals surface area contributed by atoms with Crippen LogP contribution in [-0.4, -0.2) is 53.8 Å². The standard InChI is InChI=1S/C13H22N2O4/c1-3-10-7-19-9(2)6-15(10)12(18)14-8-13(4-5-13)11(16)17/h9-10H,3-8H2,1-2H3,(H,14,18)(H,16,17). The summed E-state index contributed by atoms with van der Waals surface area (Å²) < 4.78 is 5.54. The lowest BCUT2D eigenvalue weighted by Gasteiger charge is -2.38. The van der Waals surface area contributed by atoms with Crippen LogP contribution in [0.5, 0.6) is 0 Å². The van der Waals surface area contributed by atoms with E-state index in [-0.39, 0.29) is 24.7 Å². The molecular weight excluding hydrogens is 248 g/mol. The van der Waals surface area contributed by atoms with Gasteiger partial charge in [-0.2, -0.15) is 0 Å². The molecule has 0 aromatic carbocycles. The number of amides is 2. The SMILES string of the molecule is CCC1COC(C)CN1C(=O)NCC1(C(=O)O)CC1. The van der Waals surface area contributed by atoms with Crippen molar-refractivity contribution in [1.82, 2.24) is 10.2 Å². The molecule has 1 aliphatic carbocycles. The molecule has 1 saturated heterocycles. The van der Waals surface area contributed by atoms with E-state index >= 15 is 0 Å². The van der Waals surface area contributed by atoms with E-state index in [1.165, 1.54) is 0 Å². The first-order chi connectivity index (χ1) is 8.98. The fourth-order valence-electron chi connectivity index (χ4n) is 2.39. The molecule has 0 aromatic heterocycles. The molecule has 108 valence electrons. The number of nitrogens with one attached hydrogen (secondary N) is 1. The van der Waals surface area contributed by atoms with Crippen LogP contribution in [0.15, 0.2) is 0 Å². The Morgan fingerprint density at radius 3 is 2.68 bits per heavy atom. The highest BCUT2D eigenvalue weighted by Crippen LogP contribution is 2.45. The third-order valence-electron chi connectivity index (χ3n) is 4.09. The minimum absolute atomic E-state index is 0.0305. The van der Waals surface area contributed by atoms with Crippen LogP contribution in [0.4, 0.5) is 4.79 Å². The van der Waals surface area contributed by atoms with Crippen molar-refractivity contribution in [1.29, 1.82) is 0 Å². The van der Waals surface area contributed by atoms with Gasteiger partial charge >= 0.3 is 12.0 Å². The van der Waals surface area contributed by atoms with Crippen molar-refractivity contribution in [3.8, 4) is 0 Å². The van der Waals surface area contributed by atoms with Gasteiger partial charge in [-0.1, -0.05) is 6.92 Å². The number of carbonyl (C=O) groups excluding carboxylic acids is 1. The maximum Gasteiger partial charge on any atom is 0.317 e. The number of carboxylic acids is 1. The number of hydrogen-bond acceptors (Lipinski definition) is 3. The van der Waals surface area contributed by atoms with Crippen molar-refractivity contribution in [2.24, 2.45) is 5.41 Å². The summed E-state index contributed by atoms with van der Waals surface area (Å²) in [5, 5.41) is 11.9. The Balaban J connectivity index is 1.89. The second-order valence-corrected chi connectivity index (χ2v) is 5.60. The normalized spacial score (nSPS) is 28.8. The highest BCUT2D eigenvalue weighted by Gasteiger charge is 2.50. The van der Waals surface area contributed by atoms with Crippen molar-refractivity contribution < 1.29 is 19.4 Å². The van der Waals surface area contributed by atoms with Gasteiger partial charge in [0.25, 0.3) is 0 Å². The van der Waals surface area contributed by atoms with Gasteiger partial charge in [0.1, 0.15) is 0 Å². The van der Waals surface area contributed by atoms with Crippen LogP contribution in [0.2, 0.25) is 0 Å². The van der Waals surface area contributed by atoms with Gasteiger partial charge in [0.2, 0.25) is 0 Å². The molecule has 2 atom stereocenters. The number of morpholine rings is 1. The smallest absolute Gasteiger partial charge is 0.317 e. The summed E-state index contributed by atoms with van der Waals surface area (Å²) >= 11 is 0.